The molecule has 0 spiro atoms. The van der Waals surface area contributed by atoms with E-state index in [0.717, 1.165) is 5.56 Å². The van der Waals surface area contributed by atoms with Gasteiger partial charge in [0.25, 0.3) is 0 Å². The maximum Gasteiger partial charge on any atom is 0.335 e. The zero-order valence-corrected chi connectivity index (χ0v) is 11.3. The van der Waals surface area contributed by atoms with Crippen molar-refractivity contribution in [3.05, 3.63) is 35.9 Å². The van der Waals surface area contributed by atoms with Crippen molar-refractivity contribution >= 4 is 11.9 Å². The number of aliphatic carboxylic acids is 2. The molecule has 0 radical (unpaired) electrons. The van der Waals surface area contributed by atoms with E-state index in [1.165, 1.54) is 0 Å². The van der Waals surface area contributed by atoms with Crippen LogP contribution in [-0.2, 0) is 9.59 Å². The normalized spacial score (nSPS) is 15.9. The highest BCUT2D eigenvalue weighted by Crippen LogP contribution is 2.13. The lowest BCUT2D eigenvalue weighted by atomic mass is 10.0. The van der Waals surface area contributed by atoms with E-state index in [0.29, 0.717) is 0 Å². The van der Waals surface area contributed by atoms with Crippen molar-refractivity contribution in [3.63, 3.8) is 0 Å². The van der Waals surface area contributed by atoms with Crippen molar-refractivity contribution in [1.82, 2.24) is 0 Å². The Kier molecular flexibility index (Phi) is 8.17. The van der Waals surface area contributed by atoms with Crippen molar-refractivity contribution in [2.24, 2.45) is 5.73 Å². The van der Waals surface area contributed by atoms with E-state index < -0.39 is 30.3 Å². The molecule has 0 saturated carbocycles. The van der Waals surface area contributed by atoms with E-state index in [9.17, 15) is 14.7 Å². The minimum Gasteiger partial charge on any atom is -0.479 e. The molecule has 0 saturated heterocycles. The number of hydrogen-bond donors (Lipinski definition) is 6. The third kappa shape index (κ3) is 6.82. The largest absolute Gasteiger partial charge is 0.479 e. The SMILES string of the molecule is CC(N)C(O)c1ccccc1.O=C(O)[C@H](O)[C@@H](O)C(=O)O. The zero-order valence-electron chi connectivity index (χ0n) is 11.3. The lowest BCUT2D eigenvalue weighted by Gasteiger charge is -2.13. The first-order valence-electron chi connectivity index (χ1n) is 5.98. The summed E-state index contributed by atoms with van der Waals surface area (Å²) < 4.78 is 0. The first-order valence-corrected chi connectivity index (χ1v) is 5.98. The number of nitrogens with two attached hydrogens (primary N) is 1. The molecule has 4 atom stereocenters. The molecule has 1 aromatic rings. The van der Waals surface area contributed by atoms with Gasteiger partial charge in [-0.3, -0.25) is 0 Å². The van der Waals surface area contributed by atoms with Crippen LogP contribution in [0.1, 0.15) is 18.6 Å². The van der Waals surface area contributed by atoms with Crippen LogP contribution in [0.4, 0.5) is 0 Å². The molecular formula is C13H19NO7. The molecule has 0 fully saturated rings. The second kappa shape index (κ2) is 9.03. The van der Waals surface area contributed by atoms with Gasteiger partial charge in [0.2, 0.25) is 0 Å². The van der Waals surface area contributed by atoms with Crippen molar-refractivity contribution in [2.45, 2.75) is 31.3 Å². The number of aliphatic hydroxyl groups excluding tert-OH is 3. The Bertz CT molecular complexity index is 431. The van der Waals surface area contributed by atoms with E-state index in [2.05, 4.69) is 0 Å². The van der Waals surface area contributed by atoms with Gasteiger partial charge in [-0.2, -0.15) is 0 Å². The van der Waals surface area contributed by atoms with Gasteiger partial charge in [-0.05, 0) is 12.5 Å². The van der Waals surface area contributed by atoms with E-state index in [4.69, 9.17) is 26.2 Å². The van der Waals surface area contributed by atoms with Crippen LogP contribution in [0.2, 0.25) is 0 Å². The van der Waals surface area contributed by atoms with Gasteiger partial charge in [-0.1, -0.05) is 30.3 Å². The molecule has 1 aromatic carbocycles. The van der Waals surface area contributed by atoms with Crippen LogP contribution in [0.3, 0.4) is 0 Å². The maximum atomic E-state index is 9.77. The molecule has 8 heteroatoms. The Labute approximate surface area is 121 Å². The maximum absolute atomic E-state index is 9.77. The van der Waals surface area contributed by atoms with Gasteiger partial charge in [0.15, 0.2) is 12.2 Å². The molecule has 0 aliphatic heterocycles. The standard InChI is InChI=1S/C9H13NO.C4H6O6/c1-7(10)9(11)8-5-3-2-4-6-8;5-1(3(7)8)2(6)4(9)10/h2-7,9,11H,10H2,1H3;1-2,5-6H,(H,7,8)(H,9,10)/t;1-,2-/m.1/s1. The molecule has 0 amide bonds. The van der Waals surface area contributed by atoms with Crippen LogP contribution in [0, 0.1) is 0 Å². The summed E-state index contributed by atoms with van der Waals surface area (Å²) in [7, 11) is 0. The Morgan fingerprint density at radius 3 is 1.62 bits per heavy atom. The predicted octanol–water partition coefficient (Wildman–Crippen LogP) is -1.06. The summed E-state index contributed by atoms with van der Waals surface area (Å²) in [5, 5.41) is 42.0. The minimum atomic E-state index is -2.27. The zero-order chi connectivity index (χ0) is 16.6. The van der Waals surface area contributed by atoms with Gasteiger partial charge in [0.1, 0.15) is 0 Å². The Balaban J connectivity index is 0.000000384. The Hall–Kier alpha value is -2.00. The molecule has 0 aliphatic rings. The molecule has 7 N–H and O–H groups in total. The smallest absolute Gasteiger partial charge is 0.335 e. The predicted molar refractivity (Wildman–Crippen MR) is 72.3 cm³/mol. The highest BCUT2D eigenvalue weighted by molar-refractivity contribution is 5.83. The second-order valence-corrected chi connectivity index (χ2v) is 4.28. The van der Waals surface area contributed by atoms with E-state index in [1.807, 2.05) is 30.3 Å². The first-order chi connectivity index (χ1) is 9.68. The molecule has 0 heterocycles. The fourth-order valence-electron chi connectivity index (χ4n) is 1.22. The summed E-state index contributed by atoms with van der Waals surface area (Å²) in [6.07, 6.45) is -5.08. The highest BCUT2D eigenvalue weighted by atomic mass is 16.4. The van der Waals surface area contributed by atoms with E-state index in [-0.39, 0.29) is 6.04 Å². The Morgan fingerprint density at radius 2 is 1.33 bits per heavy atom. The lowest BCUT2D eigenvalue weighted by molar-refractivity contribution is -0.165. The number of carbonyl (C=O) groups is 2. The molecule has 118 valence electrons. The molecular weight excluding hydrogens is 282 g/mol. The number of rotatable bonds is 5. The van der Waals surface area contributed by atoms with Crippen molar-refractivity contribution in [2.75, 3.05) is 0 Å². The van der Waals surface area contributed by atoms with Crippen LogP contribution >= 0.6 is 0 Å². The molecule has 8 nitrogen and oxygen atoms in total. The molecule has 21 heavy (non-hydrogen) atoms. The van der Waals surface area contributed by atoms with Gasteiger partial charge in [-0.15, -0.1) is 0 Å². The van der Waals surface area contributed by atoms with Crippen LogP contribution in [0.15, 0.2) is 30.3 Å². The van der Waals surface area contributed by atoms with E-state index in [1.54, 1.807) is 6.92 Å². The van der Waals surface area contributed by atoms with Crippen molar-refractivity contribution in [3.8, 4) is 0 Å². The van der Waals surface area contributed by atoms with Crippen LogP contribution in [0.5, 0.6) is 0 Å². The third-order valence-electron chi connectivity index (χ3n) is 2.44. The first kappa shape index (κ1) is 19.0. The molecule has 0 aliphatic carbocycles. The average molecular weight is 301 g/mol. The number of benzene rings is 1. The summed E-state index contributed by atoms with van der Waals surface area (Å²) in [6.45, 7) is 1.79. The molecule has 0 aromatic heterocycles. The molecule has 2 unspecified atom stereocenters. The Morgan fingerprint density at radius 1 is 0.952 bits per heavy atom. The molecule has 1 rings (SSSR count). The minimum absolute atomic E-state index is 0.211. The van der Waals surface area contributed by atoms with Gasteiger partial charge in [0.05, 0.1) is 6.10 Å². The average Bonchev–Trinajstić information content (AvgIpc) is 2.46. The summed E-state index contributed by atoms with van der Waals surface area (Å²) >= 11 is 0. The summed E-state index contributed by atoms with van der Waals surface area (Å²) in [5.41, 5.74) is 6.40. The topological polar surface area (TPSA) is 161 Å². The van der Waals surface area contributed by atoms with Crippen LogP contribution < -0.4 is 5.73 Å². The van der Waals surface area contributed by atoms with Crippen molar-refractivity contribution in [1.29, 1.82) is 0 Å². The van der Waals surface area contributed by atoms with Crippen LogP contribution in [0.25, 0.3) is 0 Å². The number of carboxylic acids is 2. The lowest BCUT2D eigenvalue weighted by Crippen LogP contribution is -2.39. The van der Waals surface area contributed by atoms with Gasteiger partial charge in [-0.25, -0.2) is 9.59 Å². The third-order valence-corrected chi connectivity index (χ3v) is 2.44. The highest BCUT2D eigenvalue weighted by Gasteiger charge is 2.29. The van der Waals surface area contributed by atoms with Gasteiger partial charge >= 0.3 is 11.9 Å². The van der Waals surface area contributed by atoms with Crippen LogP contribution in [-0.4, -0.2) is 55.7 Å². The quantitative estimate of drug-likeness (QED) is 0.401. The summed E-state index contributed by atoms with van der Waals surface area (Å²) in [4.78, 5) is 19.5. The number of aliphatic hydroxyl groups is 3. The van der Waals surface area contributed by atoms with Crippen molar-refractivity contribution < 1.29 is 35.1 Å². The second-order valence-electron chi connectivity index (χ2n) is 4.28. The van der Waals surface area contributed by atoms with Gasteiger partial charge in [0, 0.05) is 6.04 Å². The number of hydrogen-bond acceptors (Lipinski definition) is 6. The fraction of sp³-hybridized carbons (Fsp3) is 0.385. The van der Waals surface area contributed by atoms with Gasteiger partial charge < -0.3 is 31.3 Å². The van der Waals surface area contributed by atoms with E-state index >= 15 is 0 Å². The fourth-order valence-corrected chi connectivity index (χ4v) is 1.22. The summed E-state index contributed by atoms with van der Waals surface area (Å²) in [5.74, 6) is -3.54. The summed E-state index contributed by atoms with van der Waals surface area (Å²) in [6, 6.07) is 9.22. The number of carboxylic acid groups (broad SMARTS) is 2. The molecule has 0 bridgehead atoms. The monoisotopic (exact) mass is 301 g/mol.